The average molecular weight is 426 g/mol. The van der Waals surface area contributed by atoms with Crippen LogP contribution in [-0.2, 0) is 17.8 Å². The maximum Gasteiger partial charge on any atom is 0.293 e. The molecule has 0 fully saturated rings. The first-order chi connectivity index (χ1) is 15.6. The number of anilines is 1. The van der Waals surface area contributed by atoms with Crippen molar-refractivity contribution in [1.29, 1.82) is 0 Å². The van der Waals surface area contributed by atoms with Gasteiger partial charge in [-0.15, -0.1) is 0 Å². The second kappa shape index (κ2) is 8.22. The minimum Gasteiger partial charge on any atom is -0.365 e. The zero-order valence-corrected chi connectivity index (χ0v) is 17.6. The molecule has 3 heterocycles. The molecule has 160 valence electrons. The zero-order chi connectivity index (χ0) is 22.1. The monoisotopic (exact) mass is 426 g/mol. The molecule has 1 aliphatic rings. The number of carbonyl (C=O) groups excluding carboxylic acids is 1. The summed E-state index contributed by atoms with van der Waals surface area (Å²) in [5.74, 6) is -0.0288. The van der Waals surface area contributed by atoms with Gasteiger partial charge in [-0.25, -0.2) is 4.98 Å². The Morgan fingerprint density at radius 1 is 1.06 bits per heavy atom. The summed E-state index contributed by atoms with van der Waals surface area (Å²) in [5, 5.41) is 8.28. The first kappa shape index (κ1) is 19.9. The summed E-state index contributed by atoms with van der Waals surface area (Å²) < 4.78 is 1.43. The third-order valence-corrected chi connectivity index (χ3v) is 5.70. The van der Waals surface area contributed by atoms with Crippen LogP contribution in [0.25, 0.3) is 10.8 Å². The fraction of sp³-hybridized carbons (Fsp3) is 0.208. The molecule has 4 aromatic rings. The van der Waals surface area contributed by atoms with E-state index in [0.717, 1.165) is 27.7 Å². The Morgan fingerprint density at radius 3 is 2.81 bits per heavy atom. The van der Waals surface area contributed by atoms with Crippen LogP contribution in [0.1, 0.15) is 28.7 Å². The lowest BCUT2D eigenvalue weighted by atomic mass is 9.84. The lowest BCUT2D eigenvalue weighted by Crippen LogP contribution is -2.39. The van der Waals surface area contributed by atoms with Gasteiger partial charge in [0.25, 0.3) is 5.56 Å². The van der Waals surface area contributed by atoms with Gasteiger partial charge in [-0.3, -0.25) is 24.1 Å². The highest BCUT2D eigenvalue weighted by atomic mass is 16.2. The van der Waals surface area contributed by atoms with E-state index in [4.69, 9.17) is 0 Å². The third-order valence-electron chi connectivity index (χ3n) is 5.70. The first-order valence-corrected chi connectivity index (χ1v) is 10.5. The van der Waals surface area contributed by atoms with E-state index >= 15 is 0 Å². The molecule has 3 aromatic heterocycles. The van der Waals surface area contributed by atoms with Gasteiger partial charge in [0.1, 0.15) is 6.54 Å². The summed E-state index contributed by atoms with van der Waals surface area (Å²) in [4.78, 5) is 38.6. The van der Waals surface area contributed by atoms with E-state index in [0.29, 0.717) is 18.7 Å². The van der Waals surface area contributed by atoms with Crippen molar-refractivity contribution in [1.82, 2.24) is 24.8 Å². The van der Waals surface area contributed by atoms with Crippen LogP contribution >= 0.6 is 0 Å². The second-order valence-electron chi connectivity index (χ2n) is 7.78. The Labute approximate surface area is 184 Å². The fourth-order valence-corrected chi connectivity index (χ4v) is 4.05. The molecule has 0 saturated carbocycles. The molecular weight excluding hydrogens is 404 g/mol. The molecule has 0 bridgehead atoms. The topological polar surface area (TPSA) is 102 Å². The van der Waals surface area contributed by atoms with Crippen molar-refractivity contribution in [2.75, 3.05) is 11.9 Å². The third kappa shape index (κ3) is 3.60. The normalized spacial score (nSPS) is 14.1. The van der Waals surface area contributed by atoms with Crippen LogP contribution in [0, 0.1) is 6.92 Å². The summed E-state index contributed by atoms with van der Waals surface area (Å²) in [5.41, 5.74) is 3.14. The molecule has 2 N–H and O–H groups in total. The highest BCUT2D eigenvalue weighted by Gasteiger charge is 2.31. The Hall–Kier alpha value is -4.07. The summed E-state index contributed by atoms with van der Waals surface area (Å²) in [6, 6.07) is 13.4. The Bertz CT molecular complexity index is 1330. The van der Waals surface area contributed by atoms with E-state index < -0.39 is 0 Å². The van der Waals surface area contributed by atoms with E-state index in [2.05, 4.69) is 25.6 Å². The number of rotatable bonds is 7. The maximum atomic E-state index is 12.9. The van der Waals surface area contributed by atoms with Gasteiger partial charge in [0.15, 0.2) is 5.82 Å². The van der Waals surface area contributed by atoms with Gasteiger partial charge in [-0.1, -0.05) is 24.3 Å². The Balaban J connectivity index is 1.27. The summed E-state index contributed by atoms with van der Waals surface area (Å²) in [6.07, 6.45) is 5.75. The number of hydrogen-bond acceptors (Lipinski definition) is 6. The van der Waals surface area contributed by atoms with Gasteiger partial charge < -0.3 is 10.6 Å². The molecule has 1 unspecified atom stereocenters. The Morgan fingerprint density at radius 2 is 1.97 bits per heavy atom. The number of amides is 1. The highest BCUT2D eigenvalue weighted by Crippen LogP contribution is 2.40. The van der Waals surface area contributed by atoms with Crippen molar-refractivity contribution in [2.24, 2.45) is 0 Å². The molecule has 1 aliphatic carbocycles. The van der Waals surface area contributed by atoms with Gasteiger partial charge >= 0.3 is 0 Å². The van der Waals surface area contributed by atoms with Crippen LogP contribution in [0.5, 0.6) is 0 Å². The first-order valence-electron chi connectivity index (χ1n) is 10.5. The molecule has 0 spiro atoms. The van der Waals surface area contributed by atoms with Crippen molar-refractivity contribution in [3.8, 4) is 0 Å². The SMILES string of the molecule is Cc1cnc(NCCc2ccccn2)c(=O)n1CC(=O)NC1c2cccc3ccnc1c23. The van der Waals surface area contributed by atoms with Crippen molar-refractivity contribution in [2.45, 2.75) is 25.9 Å². The lowest BCUT2D eigenvalue weighted by Gasteiger charge is -2.30. The summed E-state index contributed by atoms with van der Waals surface area (Å²) in [6.45, 7) is 2.19. The number of benzene rings is 1. The van der Waals surface area contributed by atoms with Crippen molar-refractivity contribution in [3.63, 3.8) is 0 Å². The van der Waals surface area contributed by atoms with Gasteiger partial charge in [-0.2, -0.15) is 0 Å². The molecule has 1 aromatic carbocycles. The lowest BCUT2D eigenvalue weighted by molar-refractivity contribution is -0.122. The molecule has 5 rings (SSSR count). The number of nitrogens with one attached hydrogen (secondary N) is 2. The van der Waals surface area contributed by atoms with E-state index in [1.54, 1.807) is 25.5 Å². The van der Waals surface area contributed by atoms with Gasteiger partial charge in [0.05, 0.1) is 11.7 Å². The van der Waals surface area contributed by atoms with Crippen LogP contribution in [-0.4, -0.2) is 32.0 Å². The van der Waals surface area contributed by atoms with Crippen molar-refractivity contribution < 1.29 is 4.79 Å². The zero-order valence-electron chi connectivity index (χ0n) is 17.6. The molecule has 1 atom stereocenters. The Kier molecular flexibility index (Phi) is 5.10. The minimum absolute atomic E-state index is 0.0866. The number of aromatic nitrogens is 4. The van der Waals surface area contributed by atoms with Crippen LogP contribution in [0.3, 0.4) is 0 Å². The number of hydrogen-bond donors (Lipinski definition) is 2. The smallest absolute Gasteiger partial charge is 0.293 e. The van der Waals surface area contributed by atoms with E-state index in [9.17, 15) is 9.59 Å². The van der Waals surface area contributed by atoms with Crippen LogP contribution < -0.4 is 16.2 Å². The van der Waals surface area contributed by atoms with Crippen molar-refractivity contribution >= 4 is 22.5 Å². The van der Waals surface area contributed by atoms with Gasteiger partial charge in [-0.05, 0) is 36.1 Å². The number of aryl methyl sites for hydroxylation is 1. The van der Waals surface area contributed by atoms with E-state index in [1.165, 1.54) is 4.57 Å². The standard InChI is InChI=1S/C24H22N6O2/c1-15-13-28-23(27-12-9-17-6-2-3-10-25-17)24(32)30(15)14-19(31)29-21-18-7-4-5-16-8-11-26-22(21)20(16)18/h2-8,10-11,13,21H,9,12,14H2,1H3,(H,27,28)(H,29,31). The summed E-state index contributed by atoms with van der Waals surface area (Å²) >= 11 is 0. The maximum absolute atomic E-state index is 12.9. The predicted octanol–water partition coefficient (Wildman–Crippen LogP) is 2.37. The van der Waals surface area contributed by atoms with E-state index in [-0.39, 0.29) is 29.9 Å². The molecule has 0 saturated heterocycles. The molecular formula is C24H22N6O2. The van der Waals surface area contributed by atoms with Gasteiger partial charge in [0, 0.05) is 48.3 Å². The minimum atomic E-state index is -0.324. The van der Waals surface area contributed by atoms with Crippen LogP contribution in [0.15, 0.2) is 65.8 Å². The van der Waals surface area contributed by atoms with E-state index in [1.807, 2.05) is 42.5 Å². The van der Waals surface area contributed by atoms with Crippen LogP contribution in [0.4, 0.5) is 5.82 Å². The molecule has 8 heteroatoms. The van der Waals surface area contributed by atoms with Gasteiger partial charge in [0.2, 0.25) is 5.91 Å². The predicted molar refractivity (Wildman–Crippen MR) is 121 cm³/mol. The highest BCUT2D eigenvalue weighted by molar-refractivity contribution is 5.95. The molecule has 32 heavy (non-hydrogen) atoms. The quantitative estimate of drug-likeness (QED) is 0.470. The number of pyridine rings is 2. The fourth-order valence-electron chi connectivity index (χ4n) is 4.05. The largest absolute Gasteiger partial charge is 0.365 e. The average Bonchev–Trinajstić information content (AvgIpc) is 2.81. The number of carbonyl (C=O) groups is 1. The van der Waals surface area contributed by atoms with Crippen molar-refractivity contribution in [3.05, 3.63) is 94.1 Å². The molecule has 0 aliphatic heterocycles. The second-order valence-corrected chi connectivity index (χ2v) is 7.78. The molecule has 8 nitrogen and oxygen atoms in total. The number of nitrogens with zero attached hydrogens (tertiary/aromatic N) is 4. The summed E-state index contributed by atoms with van der Waals surface area (Å²) in [7, 11) is 0. The molecule has 1 amide bonds. The molecule has 0 radical (unpaired) electrons. The van der Waals surface area contributed by atoms with Crippen LogP contribution in [0.2, 0.25) is 0 Å².